The van der Waals surface area contributed by atoms with Gasteiger partial charge in [-0.15, -0.1) is 5.10 Å². The molecule has 1 saturated heterocycles. The van der Waals surface area contributed by atoms with Gasteiger partial charge in [0, 0.05) is 30.5 Å². The molecule has 1 aliphatic heterocycles. The van der Waals surface area contributed by atoms with Gasteiger partial charge in [0.2, 0.25) is 5.82 Å². The second-order valence-corrected chi connectivity index (χ2v) is 10.5. The summed E-state index contributed by atoms with van der Waals surface area (Å²) in [5.41, 5.74) is 9.75. The highest BCUT2D eigenvalue weighted by Gasteiger charge is 2.45. The van der Waals surface area contributed by atoms with Crippen LogP contribution < -0.4 is 5.73 Å². The molecule has 1 amide bonds. The lowest BCUT2D eigenvalue weighted by atomic mass is 9.58. The first-order valence-electron chi connectivity index (χ1n) is 12.9. The van der Waals surface area contributed by atoms with Crippen LogP contribution in [0.3, 0.4) is 0 Å². The molecule has 7 nitrogen and oxygen atoms in total. The number of hydrogen-bond donors (Lipinski definition) is 1. The van der Waals surface area contributed by atoms with Gasteiger partial charge in [-0.25, -0.2) is 9.67 Å². The van der Waals surface area contributed by atoms with Crippen LogP contribution in [-0.4, -0.2) is 58.4 Å². The topological polar surface area (TPSA) is 86.3 Å². The molecule has 2 aliphatic rings. The van der Waals surface area contributed by atoms with Gasteiger partial charge in [0.1, 0.15) is 5.82 Å². The number of amides is 1. The first-order valence-corrected chi connectivity index (χ1v) is 12.9. The number of nitrogens with two attached hydrogens (primary N) is 1. The van der Waals surface area contributed by atoms with Gasteiger partial charge in [0.25, 0.3) is 5.91 Å². The highest BCUT2D eigenvalue weighted by molar-refractivity contribution is 5.88. The van der Waals surface area contributed by atoms with Gasteiger partial charge in [0.15, 0.2) is 0 Å². The lowest BCUT2D eigenvalue weighted by Gasteiger charge is -2.49. The second-order valence-electron chi connectivity index (χ2n) is 10.5. The molecule has 37 heavy (non-hydrogen) atoms. The quantitative estimate of drug-likeness (QED) is 0.526. The molecule has 1 atom stereocenters. The maximum absolute atomic E-state index is 11.5. The van der Waals surface area contributed by atoms with Crippen LogP contribution in [0.1, 0.15) is 47.8 Å². The van der Waals surface area contributed by atoms with Crippen molar-refractivity contribution in [1.82, 2.24) is 19.7 Å². The summed E-state index contributed by atoms with van der Waals surface area (Å²) in [4.78, 5) is 18.3. The number of nitrogens with zero attached hydrogens (tertiary/aromatic N) is 4. The first-order chi connectivity index (χ1) is 17.8. The summed E-state index contributed by atoms with van der Waals surface area (Å²) in [5, 5.41) is 4.28. The summed E-state index contributed by atoms with van der Waals surface area (Å²) in [5.74, 6) is 0.0229. The molecule has 7 heteroatoms. The summed E-state index contributed by atoms with van der Waals surface area (Å²) in [6, 6.07) is 19.0. The normalized spacial score (nSPS) is 20.6. The highest BCUT2D eigenvalue weighted by Crippen LogP contribution is 2.49. The molecule has 192 valence electrons. The molecule has 0 bridgehead atoms. The SMILES string of the molecule is Cc1nc(C(N)=O)nn1-c1ccc(C(C)(C)C2(CN3CCOCC3)C=CC(c3ccccc3)=CC2)cc1. The molecule has 0 saturated carbocycles. The monoisotopic (exact) mass is 497 g/mol. The number of carbonyl (C=O) groups is 1. The second kappa shape index (κ2) is 10.1. The van der Waals surface area contributed by atoms with Crippen LogP contribution >= 0.6 is 0 Å². The molecule has 2 N–H and O–H groups in total. The molecule has 3 aromatic rings. The van der Waals surface area contributed by atoms with Crippen molar-refractivity contribution in [2.45, 2.75) is 32.6 Å². The van der Waals surface area contributed by atoms with E-state index in [9.17, 15) is 4.79 Å². The van der Waals surface area contributed by atoms with Crippen molar-refractivity contribution in [3.63, 3.8) is 0 Å². The van der Waals surface area contributed by atoms with E-state index in [0.29, 0.717) is 5.82 Å². The number of aromatic nitrogens is 3. The fourth-order valence-electron chi connectivity index (χ4n) is 5.50. The van der Waals surface area contributed by atoms with Crippen molar-refractivity contribution in [3.05, 3.63) is 95.6 Å². The number of ether oxygens (including phenoxy) is 1. The van der Waals surface area contributed by atoms with Crippen LogP contribution in [0.2, 0.25) is 0 Å². The van der Waals surface area contributed by atoms with Gasteiger partial charge in [-0.05, 0) is 42.2 Å². The Kier molecular flexibility index (Phi) is 6.84. The Morgan fingerprint density at radius 1 is 1.08 bits per heavy atom. The lowest BCUT2D eigenvalue weighted by Crippen LogP contribution is -2.51. The Bertz CT molecular complexity index is 1320. The molecule has 1 aromatic heterocycles. The predicted molar refractivity (Wildman–Crippen MR) is 146 cm³/mol. The Morgan fingerprint density at radius 3 is 2.38 bits per heavy atom. The Labute approximate surface area is 218 Å². The van der Waals surface area contributed by atoms with Gasteiger partial charge in [0.05, 0.1) is 18.9 Å². The fraction of sp³-hybridized carbons (Fsp3) is 0.367. The van der Waals surface area contributed by atoms with Gasteiger partial charge in [-0.1, -0.05) is 74.5 Å². The third kappa shape index (κ3) is 4.89. The van der Waals surface area contributed by atoms with Crippen molar-refractivity contribution in [1.29, 1.82) is 0 Å². The van der Waals surface area contributed by atoms with E-state index in [-0.39, 0.29) is 16.7 Å². The zero-order valence-electron chi connectivity index (χ0n) is 21.9. The average molecular weight is 498 g/mol. The van der Waals surface area contributed by atoms with Crippen LogP contribution in [0.15, 0.2) is 72.8 Å². The van der Waals surface area contributed by atoms with Crippen LogP contribution in [0.5, 0.6) is 0 Å². The third-order valence-electron chi connectivity index (χ3n) is 8.05. The van der Waals surface area contributed by atoms with E-state index in [1.807, 2.05) is 19.1 Å². The van der Waals surface area contributed by atoms with Crippen molar-refractivity contribution in [2.24, 2.45) is 11.1 Å². The number of rotatable bonds is 7. The van der Waals surface area contributed by atoms with E-state index in [4.69, 9.17) is 10.5 Å². The Morgan fingerprint density at radius 2 is 1.78 bits per heavy atom. The standard InChI is InChI=1S/C30H35N5O2/c1-22-32-28(27(31)36)33-35(22)26-11-9-25(10-12-26)29(2,3)30(21-34-17-19-37-20-18-34)15-13-24(14-16-30)23-7-5-4-6-8-23/h4-15H,16-21H2,1-3H3,(H2,31,36). The van der Waals surface area contributed by atoms with Crippen molar-refractivity contribution in [2.75, 3.05) is 32.8 Å². The van der Waals surface area contributed by atoms with Crippen LogP contribution in [-0.2, 0) is 10.2 Å². The van der Waals surface area contributed by atoms with Gasteiger partial charge in [-0.3, -0.25) is 9.69 Å². The average Bonchev–Trinajstić information content (AvgIpc) is 3.32. The number of allylic oxidation sites excluding steroid dienone is 3. The maximum Gasteiger partial charge on any atom is 0.288 e. The molecule has 1 fully saturated rings. The lowest BCUT2D eigenvalue weighted by molar-refractivity contribution is 0.0116. The summed E-state index contributed by atoms with van der Waals surface area (Å²) >= 11 is 0. The van der Waals surface area contributed by atoms with Crippen molar-refractivity contribution in [3.8, 4) is 5.69 Å². The summed E-state index contributed by atoms with van der Waals surface area (Å²) in [7, 11) is 0. The molecular formula is C30H35N5O2. The zero-order valence-corrected chi connectivity index (χ0v) is 21.9. The van der Waals surface area contributed by atoms with E-state index < -0.39 is 5.91 Å². The van der Waals surface area contributed by atoms with E-state index in [2.05, 4.69) is 89.5 Å². The number of primary amides is 1. The minimum Gasteiger partial charge on any atom is -0.379 e. The highest BCUT2D eigenvalue weighted by atomic mass is 16.5. The predicted octanol–water partition coefficient (Wildman–Crippen LogP) is 4.31. The fourth-order valence-corrected chi connectivity index (χ4v) is 5.50. The minimum atomic E-state index is -0.628. The van der Waals surface area contributed by atoms with Crippen LogP contribution in [0.25, 0.3) is 11.3 Å². The molecule has 0 radical (unpaired) electrons. The van der Waals surface area contributed by atoms with Gasteiger partial charge >= 0.3 is 0 Å². The largest absolute Gasteiger partial charge is 0.379 e. The van der Waals surface area contributed by atoms with Gasteiger partial charge < -0.3 is 10.5 Å². The number of carbonyl (C=O) groups excluding carboxylic acids is 1. The smallest absolute Gasteiger partial charge is 0.288 e. The summed E-state index contributed by atoms with van der Waals surface area (Å²) < 4.78 is 7.30. The molecule has 2 heterocycles. The third-order valence-corrected chi connectivity index (χ3v) is 8.05. The minimum absolute atomic E-state index is 0.0275. The molecule has 1 aliphatic carbocycles. The number of morpholine rings is 1. The molecular weight excluding hydrogens is 462 g/mol. The molecule has 5 rings (SSSR count). The molecule has 0 spiro atoms. The van der Waals surface area contributed by atoms with E-state index in [1.165, 1.54) is 16.7 Å². The summed E-state index contributed by atoms with van der Waals surface area (Å²) in [6.07, 6.45) is 8.10. The van der Waals surface area contributed by atoms with E-state index in [1.54, 1.807) is 4.68 Å². The van der Waals surface area contributed by atoms with Crippen molar-refractivity contribution >= 4 is 11.5 Å². The molecule has 1 unspecified atom stereocenters. The number of benzene rings is 2. The van der Waals surface area contributed by atoms with E-state index >= 15 is 0 Å². The number of aryl methyl sites for hydroxylation is 1. The van der Waals surface area contributed by atoms with Crippen molar-refractivity contribution < 1.29 is 9.53 Å². The van der Waals surface area contributed by atoms with Crippen LogP contribution in [0.4, 0.5) is 0 Å². The van der Waals surface area contributed by atoms with E-state index in [0.717, 1.165) is 45.0 Å². The molecule has 2 aromatic carbocycles. The Hall–Kier alpha value is -3.55. The Balaban J connectivity index is 1.47. The summed E-state index contributed by atoms with van der Waals surface area (Å²) in [6.45, 7) is 10.9. The number of hydrogen-bond acceptors (Lipinski definition) is 5. The zero-order chi connectivity index (χ0) is 26.0. The van der Waals surface area contributed by atoms with Crippen LogP contribution in [0, 0.1) is 12.3 Å². The van der Waals surface area contributed by atoms with Gasteiger partial charge in [-0.2, -0.15) is 0 Å². The first kappa shape index (κ1) is 25.1. The maximum atomic E-state index is 11.5.